The Kier molecular flexibility index (Phi) is 5.22. The summed E-state index contributed by atoms with van der Waals surface area (Å²) in [5.41, 5.74) is 3.29. The number of ether oxygens (including phenoxy) is 1. The average Bonchev–Trinajstić information content (AvgIpc) is 2.62. The summed E-state index contributed by atoms with van der Waals surface area (Å²) >= 11 is 0. The molecular formula is C13H22O3Si. The second kappa shape index (κ2) is 6.22. The van der Waals surface area contributed by atoms with Crippen LogP contribution in [0.2, 0.25) is 19.6 Å². The van der Waals surface area contributed by atoms with Crippen molar-refractivity contribution in [1.29, 1.82) is 0 Å². The molecule has 0 aromatic heterocycles. The Bertz CT molecular complexity index is 322. The van der Waals surface area contributed by atoms with Gasteiger partial charge in [0.25, 0.3) is 0 Å². The number of carbonyl (C=O) groups is 1. The van der Waals surface area contributed by atoms with Crippen LogP contribution in [-0.2, 0) is 9.53 Å². The van der Waals surface area contributed by atoms with Crippen molar-refractivity contribution >= 4 is 14.0 Å². The van der Waals surface area contributed by atoms with Crippen LogP contribution in [-0.4, -0.2) is 31.4 Å². The number of aliphatic hydroxyl groups excluding tert-OH is 1. The molecule has 0 aromatic carbocycles. The lowest BCUT2D eigenvalue weighted by molar-refractivity contribution is -0.145. The van der Waals surface area contributed by atoms with Crippen molar-refractivity contribution < 1.29 is 14.6 Å². The number of unbranched alkanes of at least 4 members (excludes halogenated alkanes) is 1. The number of hydrogen-bond acceptors (Lipinski definition) is 3. The summed E-state index contributed by atoms with van der Waals surface area (Å²) in [6, 6.07) is 0. The fourth-order valence-electron chi connectivity index (χ4n) is 1.73. The van der Waals surface area contributed by atoms with Gasteiger partial charge in [0.2, 0.25) is 0 Å². The lowest BCUT2D eigenvalue weighted by Crippen LogP contribution is -2.25. The highest BCUT2D eigenvalue weighted by atomic mass is 28.3. The van der Waals surface area contributed by atoms with Crippen LogP contribution in [0.5, 0.6) is 0 Å². The third kappa shape index (κ3) is 5.90. The summed E-state index contributed by atoms with van der Waals surface area (Å²) < 4.78 is 5.02. The lowest BCUT2D eigenvalue weighted by Gasteiger charge is -2.15. The molecule has 1 rings (SSSR count). The van der Waals surface area contributed by atoms with Gasteiger partial charge in [0.15, 0.2) is 0 Å². The molecule has 96 valence electrons. The first-order valence-corrected chi connectivity index (χ1v) is 9.76. The molecule has 1 aliphatic heterocycles. The predicted octanol–water partition coefficient (Wildman–Crippen LogP) is 2.10. The maximum absolute atomic E-state index is 10.9. The van der Waals surface area contributed by atoms with Gasteiger partial charge in [-0.05, 0) is 19.3 Å². The smallest absolute Gasteiger partial charge is 0.306 e. The van der Waals surface area contributed by atoms with Gasteiger partial charge in [-0.25, -0.2) is 0 Å². The first-order chi connectivity index (χ1) is 7.88. The zero-order chi connectivity index (χ0) is 12.9. The predicted molar refractivity (Wildman–Crippen MR) is 70.1 cm³/mol. The van der Waals surface area contributed by atoms with Gasteiger partial charge >= 0.3 is 5.97 Å². The van der Waals surface area contributed by atoms with Crippen molar-refractivity contribution in [1.82, 2.24) is 0 Å². The molecule has 0 aromatic rings. The summed E-state index contributed by atoms with van der Waals surface area (Å²) in [4.78, 5) is 10.9. The Morgan fingerprint density at radius 2 is 2.24 bits per heavy atom. The van der Waals surface area contributed by atoms with Gasteiger partial charge in [0, 0.05) is 12.8 Å². The Balaban J connectivity index is 2.18. The van der Waals surface area contributed by atoms with E-state index in [1.54, 1.807) is 0 Å². The zero-order valence-corrected chi connectivity index (χ0v) is 12.0. The molecule has 0 amide bonds. The van der Waals surface area contributed by atoms with Crippen molar-refractivity contribution in [3.8, 4) is 11.5 Å². The van der Waals surface area contributed by atoms with Crippen molar-refractivity contribution in [2.75, 3.05) is 0 Å². The molecule has 0 saturated carbocycles. The van der Waals surface area contributed by atoms with E-state index in [4.69, 9.17) is 4.74 Å². The lowest BCUT2D eigenvalue weighted by atomic mass is 10.1. The number of rotatable bonds is 4. The molecule has 1 aliphatic rings. The molecule has 0 radical (unpaired) electrons. The summed E-state index contributed by atoms with van der Waals surface area (Å²) in [5.74, 6) is 2.99. The average molecular weight is 254 g/mol. The van der Waals surface area contributed by atoms with Crippen molar-refractivity contribution in [2.45, 2.75) is 64.0 Å². The maximum atomic E-state index is 10.9. The van der Waals surface area contributed by atoms with E-state index in [-0.39, 0.29) is 12.1 Å². The zero-order valence-electron chi connectivity index (χ0n) is 11.0. The normalized spacial score (nSPS) is 21.6. The number of esters is 1. The van der Waals surface area contributed by atoms with Crippen molar-refractivity contribution in [2.24, 2.45) is 0 Å². The molecular weight excluding hydrogens is 232 g/mol. The minimum atomic E-state index is -1.26. The largest absolute Gasteiger partial charge is 0.460 e. The Morgan fingerprint density at radius 1 is 1.53 bits per heavy atom. The van der Waals surface area contributed by atoms with E-state index in [0.717, 1.165) is 12.8 Å². The SMILES string of the molecule is C[Si](C)(C)C#CCCC[C@H](O)[C@@H]1CCC(=O)O1. The second-order valence-electron chi connectivity index (χ2n) is 5.58. The summed E-state index contributed by atoms with van der Waals surface area (Å²) in [6.45, 7) is 6.65. The first kappa shape index (κ1) is 14.3. The topological polar surface area (TPSA) is 46.5 Å². The van der Waals surface area contributed by atoms with Gasteiger partial charge in [0.1, 0.15) is 14.2 Å². The highest BCUT2D eigenvalue weighted by molar-refractivity contribution is 6.83. The van der Waals surface area contributed by atoms with E-state index in [9.17, 15) is 9.90 Å². The van der Waals surface area contributed by atoms with Crippen molar-refractivity contribution in [3.63, 3.8) is 0 Å². The van der Waals surface area contributed by atoms with Gasteiger partial charge < -0.3 is 9.84 Å². The molecule has 17 heavy (non-hydrogen) atoms. The maximum Gasteiger partial charge on any atom is 0.306 e. The van der Waals surface area contributed by atoms with Crippen molar-refractivity contribution in [3.05, 3.63) is 0 Å². The van der Waals surface area contributed by atoms with E-state index in [0.29, 0.717) is 19.3 Å². The summed E-state index contributed by atoms with van der Waals surface area (Å²) in [7, 11) is -1.26. The Labute approximate surface area is 105 Å². The molecule has 2 atom stereocenters. The Morgan fingerprint density at radius 3 is 2.76 bits per heavy atom. The minimum absolute atomic E-state index is 0.187. The van der Waals surface area contributed by atoms with E-state index >= 15 is 0 Å². The summed E-state index contributed by atoms with van der Waals surface area (Å²) in [5, 5.41) is 9.81. The molecule has 1 N–H and O–H groups in total. The molecule has 1 saturated heterocycles. The van der Waals surface area contributed by atoms with Crippen LogP contribution in [0, 0.1) is 11.5 Å². The standard InChI is InChI=1S/C13H22O3Si/c1-17(2,3)10-6-4-5-7-11(14)12-8-9-13(15)16-12/h11-12,14H,4-5,7-9H2,1-3H3/t11-,12-/m0/s1. The molecule has 0 bridgehead atoms. The molecule has 0 unspecified atom stereocenters. The van der Waals surface area contributed by atoms with Gasteiger partial charge in [-0.1, -0.05) is 19.6 Å². The number of aliphatic hydroxyl groups is 1. The Hall–Kier alpha value is -0.793. The molecule has 3 nitrogen and oxygen atoms in total. The van der Waals surface area contributed by atoms with E-state index in [1.807, 2.05) is 0 Å². The minimum Gasteiger partial charge on any atom is -0.460 e. The van der Waals surface area contributed by atoms with Gasteiger partial charge in [0.05, 0.1) is 6.10 Å². The first-order valence-electron chi connectivity index (χ1n) is 6.26. The van der Waals surface area contributed by atoms with Crippen LogP contribution < -0.4 is 0 Å². The fraction of sp³-hybridized carbons (Fsp3) is 0.769. The number of carbonyl (C=O) groups excluding carboxylic acids is 1. The number of cyclic esters (lactones) is 1. The van der Waals surface area contributed by atoms with E-state index < -0.39 is 14.2 Å². The second-order valence-corrected chi connectivity index (χ2v) is 10.3. The van der Waals surface area contributed by atoms with Gasteiger partial charge in [-0.2, -0.15) is 0 Å². The molecule has 4 heteroatoms. The monoisotopic (exact) mass is 254 g/mol. The molecule has 0 spiro atoms. The van der Waals surface area contributed by atoms with E-state index in [2.05, 4.69) is 31.1 Å². The molecule has 0 aliphatic carbocycles. The third-order valence-electron chi connectivity index (χ3n) is 2.61. The van der Waals surface area contributed by atoms with Crippen LogP contribution in [0.25, 0.3) is 0 Å². The summed E-state index contributed by atoms with van der Waals surface area (Å²) in [6.07, 6.45) is 2.65. The van der Waals surface area contributed by atoms with Crippen LogP contribution in [0.1, 0.15) is 32.1 Å². The number of hydrogen-bond donors (Lipinski definition) is 1. The van der Waals surface area contributed by atoms with E-state index in [1.165, 1.54) is 0 Å². The highest BCUT2D eigenvalue weighted by Crippen LogP contribution is 2.19. The van der Waals surface area contributed by atoms with Gasteiger partial charge in [-0.3, -0.25) is 4.79 Å². The molecule has 1 fully saturated rings. The fourth-order valence-corrected chi connectivity index (χ4v) is 2.39. The van der Waals surface area contributed by atoms with Crippen LogP contribution in [0.3, 0.4) is 0 Å². The quantitative estimate of drug-likeness (QED) is 0.362. The van der Waals surface area contributed by atoms with Gasteiger partial charge in [-0.15, -0.1) is 11.5 Å². The van der Waals surface area contributed by atoms with Crippen LogP contribution in [0.4, 0.5) is 0 Å². The van der Waals surface area contributed by atoms with Crippen LogP contribution in [0.15, 0.2) is 0 Å². The van der Waals surface area contributed by atoms with Crippen LogP contribution >= 0.6 is 0 Å². The highest BCUT2D eigenvalue weighted by Gasteiger charge is 2.29. The third-order valence-corrected chi connectivity index (χ3v) is 3.54. The molecule has 1 heterocycles.